The van der Waals surface area contributed by atoms with E-state index in [2.05, 4.69) is 36.5 Å². The highest BCUT2D eigenvalue weighted by Gasteiger charge is 2.14. The fourth-order valence-corrected chi connectivity index (χ4v) is 4.82. The van der Waals surface area contributed by atoms with Crippen LogP contribution < -0.4 is 5.32 Å². The van der Waals surface area contributed by atoms with Gasteiger partial charge < -0.3 is 10.1 Å². The SMILES string of the molecule is Cc1ccccc1SCC(=O)Nc1cccc(CSC2CCOCC2)c1. The molecule has 0 atom stereocenters. The Morgan fingerprint density at radius 3 is 2.77 bits per heavy atom. The van der Waals surface area contributed by atoms with Gasteiger partial charge in [-0.3, -0.25) is 4.79 Å². The number of anilines is 1. The zero-order chi connectivity index (χ0) is 18.2. The van der Waals surface area contributed by atoms with Crippen LogP contribution in [0.5, 0.6) is 0 Å². The number of ether oxygens (including phenoxy) is 1. The average Bonchev–Trinajstić information content (AvgIpc) is 2.67. The number of hydrogen-bond acceptors (Lipinski definition) is 4. The van der Waals surface area contributed by atoms with Gasteiger partial charge in [0.15, 0.2) is 0 Å². The molecule has 1 saturated heterocycles. The molecule has 1 N–H and O–H groups in total. The molecule has 1 aliphatic heterocycles. The summed E-state index contributed by atoms with van der Waals surface area (Å²) in [5.41, 5.74) is 3.34. The number of carbonyl (C=O) groups excluding carboxylic acids is 1. The highest BCUT2D eigenvalue weighted by molar-refractivity contribution is 8.00. The number of benzene rings is 2. The van der Waals surface area contributed by atoms with Crippen molar-refractivity contribution in [2.24, 2.45) is 0 Å². The van der Waals surface area contributed by atoms with Crippen LogP contribution in [-0.2, 0) is 15.3 Å². The van der Waals surface area contributed by atoms with Crippen molar-refractivity contribution in [3.05, 3.63) is 59.7 Å². The molecule has 26 heavy (non-hydrogen) atoms. The Kier molecular flexibility index (Phi) is 7.47. The van der Waals surface area contributed by atoms with Crippen molar-refractivity contribution in [2.75, 3.05) is 24.3 Å². The molecule has 0 radical (unpaired) electrons. The van der Waals surface area contributed by atoms with Gasteiger partial charge in [-0.05, 0) is 49.1 Å². The number of hydrogen-bond donors (Lipinski definition) is 1. The van der Waals surface area contributed by atoms with E-state index >= 15 is 0 Å². The summed E-state index contributed by atoms with van der Waals surface area (Å²) in [5, 5.41) is 3.71. The number of thioether (sulfide) groups is 2. The molecule has 1 fully saturated rings. The van der Waals surface area contributed by atoms with Crippen LogP contribution in [0.15, 0.2) is 53.4 Å². The highest BCUT2D eigenvalue weighted by atomic mass is 32.2. The van der Waals surface area contributed by atoms with E-state index in [0.717, 1.165) is 42.4 Å². The minimum atomic E-state index is 0.0347. The minimum Gasteiger partial charge on any atom is -0.381 e. The van der Waals surface area contributed by atoms with Crippen LogP contribution in [0.1, 0.15) is 24.0 Å². The maximum absolute atomic E-state index is 12.3. The molecule has 2 aromatic carbocycles. The fraction of sp³-hybridized carbons (Fsp3) is 0.381. The van der Waals surface area contributed by atoms with Crippen LogP contribution in [0.2, 0.25) is 0 Å². The van der Waals surface area contributed by atoms with Crippen LogP contribution in [-0.4, -0.2) is 30.1 Å². The fourth-order valence-electron chi connectivity index (χ4n) is 2.85. The van der Waals surface area contributed by atoms with Crippen LogP contribution in [0.4, 0.5) is 5.69 Å². The van der Waals surface area contributed by atoms with Gasteiger partial charge in [-0.25, -0.2) is 0 Å². The second-order valence-electron chi connectivity index (χ2n) is 6.43. The van der Waals surface area contributed by atoms with Gasteiger partial charge in [0, 0.05) is 34.8 Å². The first-order chi connectivity index (χ1) is 12.7. The van der Waals surface area contributed by atoms with Crippen molar-refractivity contribution >= 4 is 35.1 Å². The Hall–Kier alpha value is -1.43. The van der Waals surface area contributed by atoms with Gasteiger partial charge >= 0.3 is 0 Å². The van der Waals surface area contributed by atoms with E-state index in [1.165, 1.54) is 11.1 Å². The lowest BCUT2D eigenvalue weighted by atomic mass is 10.2. The molecule has 2 aromatic rings. The van der Waals surface area contributed by atoms with E-state index in [4.69, 9.17) is 4.74 Å². The van der Waals surface area contributed by atoms with E-state index < -0.39 is 0 Å². The summed E-state index contributed by atoms with van der Waals surface area (Å²) in [7, 11) is 0. The number of rotatable bonds is 7. The van der Waals surface area contributed by atoms with Gasteiger partial charge in [-0.1, -0.05) is 30.3 Å². The predicted octanol–water partition coefficient (Wildman–Crippen LogP) is 5.14. The van der Waals surface area contributed by atoms with Crippen LogP contribution >= 0.6 is 23.5 Å². The molecule has 3 nitrogen and oxygen atoms in total. The Labute approximate surface area is 164 Å². The van der Waals surface area contributed by atoms with Gasteiger partial charge in [0.05, 0.1) is 5.75 Å². The maximum atomic E-state index is 12.3. The lowest BCUT2D eigenvalue weighted by Gasteiger charge is -2.21. The molecule has 0 spiro atoms. The first-order valence-electron chi connectivity index (χ1n) is 8.97. The Bertz CT molecular complexity index is 729. The smallest absolute Gasteiger partial charge is 0.234 e. The van der Waals surface area contributed by atoms with Gasteiger partial charge in [-0.15, -0.1) is 11.8 Å². The quantitative estimate of drug-likeness (QED) is 0.668. The summed E-state index contributed by atoms with van der Waals surface area (Å²) in [6, 6.07) is 16.3. The summed E-state index contributed by atoms with van der Waals surface area (Å²) >= 11 is 3.57. The Morgan fingerprint density at radius 1 is 1.15 bits per heavy atom. The van der Waals surface area contributed by atoms with Crippen LogP contribution in [0, 0.1) is 6.92 Å². The number of carbonyl (C=O) groups is 1. The number of nitrogens with one attached hydrogen (secondary N) is 1. The van der Waals surface area contributed by atoms with E-state index in [0.29, 0.717) is 11.0 Å². The molecule has 5 heteroatoms. The first-order valence-corrected chi connectivity index (χ1v) is 11.0. The highest BCUT2D eigenvalue weighted by Crippen LogP contribution is 2.27. The van der Waals surface area contributed by atoms with E-state index in [1.54, 1.807) is 11.8 Å². The third kappa shape index (κ3) is 6.08. The Balaban J connectivity index is 1.48. The monoisotopic (exact) mass is 387 g/mol. The van der Waals surface area contributed by atoms with Crippen molar-refractivity contribution in [2.45, 2.75) is 35.7 Å². The van der Waals surface area contributed by atoms with E-state index in [9.17, 15) is 4.79 Å². The van der Waals surface area contributed by atoms with Crippen molar-refractivity contribution in [1.29, 1.82) is 0 Å². The average molecular weight is 388 g/mol. The summed E-state index contributed by atoms with van der Waals surface area (Å²) < 4.78 is 5.41. The molecule has 0 aromatic heterocycles. The third-order valence-corrected chi connectivity index (χ3v) is 6.94. The molecule has 138 valence electrons. The minimum absolute atomic E-state index is 0.0347. The van der Waals surface area contributed by atoms with Crippen LogP contribution in [0.25, 0.3) is 0 Å². The second-order valence-corrected chi connectivity index (χ2v) is 8.73. The molecular formula is C21H25NO2S2. The predicted molar refractivity (Wildman–Crippen MR) is 112 cm³/mol. The normalized spacial score (nSPS) is 15.0. The summed E-state index contributed by atoms with van der Waals surface area (Å²) in [5.74, 6) is 1.44. The molecule has 3 rings (SSSR count). The second kappa shape index (κ2) is 10.0. The zero-order valence-corrected chi connectivity index (χ0v) is 16.7. The molecule has 0 unspecified atom stereocenters. The standard InChI is InChI=1S/C21H25NO2S2/c1-16-5-2-3-8-20(16)26-15-21(23)22-18-7-4-6-17(13-18)14-25-19-9-11-24-12-10-19/h2-8,13,19H,9-12,14-15H2,1H3,(H,22,23). The van der Waals surface area contributed by atoms with Gasteiger partial charge in [0.2, 0.25) is 5.91 Å². The van der Waals surface area contributed by atoms with E-state index in [1.807, 2.05) is 36.0 Å². The zero-order valence-electron chi connectivity index (χ0n) is 15.1. The van der Waals surface area contributed by atoms with Crippen molar-refractivity contribution in [3.8, 4) is 0 Å². The maximum Gasteiger partial charge on any atom is 0.234 e. The first kappa shape index (κ1) is 19.3. The largest absolute Gasteiger partial charge is 0.381 e. The van der Waals surface area contributed by atoms with Gasteiger partial charge in [-0.2, -0.15) is 11.8 Å². The molecule has 0 aliphatic carbocycles. The van der Waals surface area contributed by atoms with Crippen molar-refractivity contribution in [1.82, 2.24) is 0 Å². The molecule has 1 aliphatic rings. The van der Waals surface area contributed by atoms with Crippen LogP contribution in [0.3, 0.4) is 0 Å². The number of amides is 1. The third-order valence-electron chi connectivity index (χ3n) is 4.32. The summed E-state index contributed by atoms with van der Waals surface area (Å²) in [6.07, 6.45) is 2.27. The number of aryl methyl sites for hydroxylation is 1. The molecule has 1 heterocycles. The van der Waals surface area contributed by atoms with E-state index in [-0.39, 0.29) is 5.91 Å². The summed E-state index contributed by atoms with van der Waals surface area (Å²) in [4.78, 5) is 13.4. The molecule has 1 amide bonds. The van der Waals surface area contributed by atoms with Crippen molar-refractivity contribution in [3.63, 3.8) is 0 Å². The topological polar surface area (TPSA) is 38.3 Å². The lowest BCUT2D eigenvalue weighted by molar-refractivity contribution is -0.113. The Morgan fingerprint density at radius 2 is 1.96 bits per heavy atom. The lowest BCUT2D eigenvalue weighted by Crippen LogP contribution is -2.17. The molecule has 0 bridgehead atoms. The van der Waals surface area contributed by atoms with Crippen molar-refractivity contribution < 1.29 is 9.53 Å². The molecule has 0 saturated carbocycles. The summed E-state index contributed by atoms with van der Waals surface area (Å²) in [6.45, 7) is 3.83. The molecular weight excluding hydrogens is 362 g/mol. The van der Waals surface area contributed by atoms with Gasteiger partial charge in [0.25, 0.3) is 0 Å². The van der Waals surface area contributed by atoms with Gasteiger partial charge in [0.1, 0.15) is 0 Å².